The predicted octanol–water partition coefficient (Wildman–Crippen LogP) is 4.12. The largest absolute Gasteiger partial charge is 0.344 e. The molecule has 1 N–H and O–H groups in total. The van der Waals surface area contributed by atoms with E-state index in [-0.39, 0.29) is 11.9 Å². The van der Waals surface area contributed by atoms with Crippen LogP contribution in [0.2, 0.25) is 0 Å². The molecule has 0 unspecified atom stereocenters. The first-order valence-electron chi connectivity index (χ1n) is 8.02. The number of nitrogens with zero attached hydrogens (tertiary/aromatic N) is 2. The van der Waals surface area contributed by atoms with Crippen LogP contribution in [0.25, 0.3) is 0 Å². The van der Waals surface area contributed by atoms with Crippen LogP contribution in [0, 0.1) is 5.92 Å². The third-order valence-corrected chi connectivity index (χ3v) is 4.87. The molecule has 0 saturated carbocycles. The molecule has 1 atom stereocenters. The number of thiophene rings is 1. The molecule has 0 fully saturated rings. The summed E-state index contributed by atoms with van der Waals surface area (Å²) < 4.78 is 1.99. The van der Waals surface area contributed by atoms with Crippen LogP contribution in [0.3, 0.4) is 0 Å². The van der Waals surface area contributed by atoms with Gasteiger partial charge < -0.3 is 9.88 Å². The lowest BCUT2D eigenvalue weighted by molar-refractivity contribution is 0.0926. The molecule has 0 radical (unpaired) electrons. The lowest BCUT2D eigenvalue weighted by atomic mass is 10.0. The number of carbonyl (C=O) groups is 1. The number of carbonyl (C=O) groups excluding carboxylic acids is 1. The summed E-state index contributed by atoms with van der Waals surface area (Å²) in [6.07, 6.45) is 5.45. The minimum absolute atomic E-state index is 0.0328. The normalized spacial score (nSPS) is 12.3. The Labute approximate surface area is 146 Å². The molecule has 0 spiro atoms. The zero-order valence-electron chi connectivity index (χ0n) is 13.8. The van der Waals surface area contributed by atoms with E-state index in [1.54, 1.807) is 23.9 Å². The molecule has 24 heavy (non-hydrogen) atoms. The fourth-order valence-electron chi connectivity index (χ4n) is 2.66. The lowest BCUT2D eigenvalue weighted by Gasteiger charge is -2.21. The Morgan fingerprint density at radius 3 is 2.83 bits per heavy atom. The smallest absolute Gasteiger partial charge is 0.251 e. The van der Waals surface area contributed by atoms with Gasteiger partial charge in [-0.25, -0.2) is 4.98 Å². The van der Waals surface area contributed by atoms with Crippen molar-refractivity contribution < 1.29 is 4.79 Å². The van der Waals surface area contributed by atoms with Crippen molar-refractivity contribution in [2.45, 2.75) is 26.4 Å². The van der Waals surface area contributed by atoms with Gasteiger partial charge in [-0.2, -0.15) is 0 Å². The average Bonchev–Trinajstić information content (AvgIpc) is 3.26. The molecule has 4 nitrogen and oxygen atoms in total. The van der Waals surface area contributed by atoms with E-state index in [2.05, 4.69) is 30.2 Å². The molecule has 2 heterocycles. The molecule has 1 amide bonds. The summed E-state index contributed by atoms with van der Waals surface area (Å²) >= 11 is 1.68. The molecule has 0 aliphatic rings. The second-order valence-electron chi connectivity index (χ2n) is 6.15. The Bertz CT molecular complexity index is 779. The van der Waals surface area contributed by atoms with Gasteiger partial charge in [0.1, 0.15) is 0 Å². The topological polar surface area (TPSA) is 46.9 Å². The van der Waals surface area contributed by atoms with Crippen LogP contribution in [0.5, 0.6) is 0 Å². The van der Waals surface area contributed by atoms with Crippen molar-refractivity contribution in [3.05, 3.63) is 76.5 Å². The highest BCUT2D eigenvalue weighted by molar-refractivity contribution is 7.10. The molecule has 124 valence electrons. The maximum absolute atomic E-state index is 12.7. The number of hydrogen-bond donors (Lipinski definition) is 1. The van der Waals surface area contributed by atoms with Crippen LogP contribution in [0.4, 0.5) is 0 Å². The molecule has 5 heteroatoms. The molecule has 0 aliphatic carbocycles. The number of aromatic nitrogens is 2. The zero-order valence-corrected chi connectivity index (χ0v) is 14.7. The molecule has 0 bridgehead atoms. The Kier molecular flexibility index (Phi) is 5.11. The molecule has 3 aromatic rings. The maximum atomic E-state index is 12.7. The molecular formula is C19H21N3OS. The van der Waals surface area contributed by atoms with Crippen LogP contribution < -0.4 is 5.32 Å². The van der Waals surface area contributed by atoms with E-state index in [1.165, 1.54) is 4.88 Å². The van der Waals surface area contributed by atoms with E-state index < -0.39 is 0 Å². The summed E-state index contributed by atoms with van der Waals surface area (Å²) in [5.41, 5.74) is 1.77. The Hall–Kier alpha value is -2.40. The van der Waals surface area contributed by atoms with Crippen molar-refractivity contribution in [1.82, 2.24) is 14.9 Å². The average molecular weight is 339 g/mol. The lowest BCUT2D eigenvalue weighted by Crippen LogP contribution is -2.31. The van der Waals surface area contributed by atoms with Crippen molar-refractivity contribution in [3.8, 4) is 0 Å². The molecule has 3 rings (SSSR count). The standard InChI is InChI=1S/C19H21N3OS/c1-14(2)18(17-7-4-10-24-17)21-19(23)16-6-3-5-15(11-16)12-22-9-8-20-13-22/h3-11,13-14,18H,12H2,1-2H3,(H,21,23)/t18-/m1/s1. The van der Waals surface area contributed by atoms with Gasteiger partial charge in [-0.1, -0.05) is 32.0 Å². The molecule has 0 saturated heterocycles. The summed E-state index contributed by atoms with van der Waals surface area (Å²) in [5, 5.41) is 5.22. The van der Waals surface area contributed by atoms with Crippen LogP contribution in [0.15, 0.2) is 60.5 Å². The van der Waals surface area contributed by atoms with Crippen LogP contribution in [-0.4, -0.2) is 15.5 Å². The fourth-order valence-corrected chi connectivity index (χ4v) is 3.61. The Morgan fingerprint density at radius 1 is 1.29 bits per heavy atom. The number of amides is 1. The van der Waals surface area contributed by atoms with Gasteiger partial charge >= 0.3 is 0 Å². The summed E-state index contributed by atoms with van der Waals surface area (Å²) in [7, 11) is 0. The van der Waals surface area contributed by atoms with Gasteiger partial charge in [-0.3, -0.25) is 4.79 Å². The van der Waals surface area contributed by atoms with Crippen molar-refractivity contribution in [2.75, 3.05) is 0 Å². The number of hydrogen-bond acceptors (Lipinski definition) is 3. The first-order valence-corrected chi connectivity index (χ1v) is 8.90. The molecule has 0 aliphatic heterocycles. The first kappa shape index (κ1) is 16.5. The van der Waals surface area contributed by atoms with Gasteiger partial charge in [0.25, 0.3) is 5.91 Å². The molecular weight excluding hydrogens is 318 g/mol. The Balaban J connectivity index is 1.74. The number of rotatable bonds is 6. The summed E-state index contributed by atoms with van der Waals surface area (Å²) in [4.78, 5) is 17.9. The summed E-state index contributed by atoms with van der Waals surface area (Å²) in [6, 6.07) is 11.9. The van der Waals surface area contributed by atoms with Crippen molar-refractivity contribution >= 4 is 17.2 Å². The predicted molar refractivity (Wildman–Crippen MR) is 97.1 cm³/mol. The third kappa shape index (κ3) is 3.92. The van der Waals surface area contributed by atoms with Gasteiger partial charge in [0.05, 0.1) is 12.4 Å². The second kappa shape index (κ2) is 7.45. The van der Waals surface area contributed by atoms with E-state index in [1.807, 2.05) is 46.5 Å². The van der Waals surface area contributed by atoms with E-state index in [4.69, 9.17) is 0 Å². The fraction of sp³-hybridized carbons (Fsp3) is 0.263. The van der Waals surface area contributed by atoms with Crippen LogP contribution in [-0.2, 0) is 6.54 Å². The van der Waals surface area contributed by atoms with E-state index in [0.717, 1.165) is 5.56 Å². The minimum atomic E-state index is -0.0328. The zero-order chi connectivity index (χ0) is 16.9. The van der Waals surface area contributed by atoms with E-state index in [0.29, 0.717) is 18.0 Å². The first-order chi connectivity index (χ1) is 11.6. The van der Waals surface area contributed by atoms with Crippen molar-refractivity contribution in [2.24, 2.45) is 5.92 Å². The number of imidazole rings is 1. The van der Waals surface area contributed by atoms with E-state index in [9.17, 15) is 4.79 Å². The van der Waals surface area contributed by atoms with Gasteiger partial charge in [-0.15, -0.1) is 11.3 Å². The highest BCUT2D eigenvalue weighted by Gasteiger charge is 2.20. The number of benzene rings is 1. The molecule has 2 aromatic heterocycles. The van der Waals surface area contributed by atoms with Crippen molar-refractivity contribution in [1.29, 1.82) is 0 Å². The quantitative estimate of drug-likeness (QED) is 0.734. The summed E-state index contributed by atoms with van der Waals surface area (Å²) in [5.74, 6) is 0.302. The van der Waals surface area contributed by atoms with Crippen molar-refractivity contribution in [3.63, 3.8) is 0 Å². The van der Waals surface area contributed by atoms with Gasteiger partial charge in [0.2, 0.25) is 0 Å². The van der Waals surface area contributed by atoms with E-state index >= 15 is 0 Å². The highest BCUT2D eigenvalue weighted by atomic mass is 32.1. The second-order valence-corrected chi connectivity index (χ2v) is 7.13. The van der Waals surface area contributed by atoms with Gasteiger partial charge in [0.15, 0.2) is 0 Å². The van der Waals surface area contributed by atoms with Gasteiger partial charge in [-0.05, 0) is 35.1 Å². The van der Waals surface area contributed by atoms with Crippen LogP contribution in [0.1, 0.15) is 40.7 Å². The monoisotopic (exact) mass is 339 g/mol. The highest BCUT2D eigenvalue weighted by Crippen LogP contribution is 2.26. The maximum Gasteiger partial charge on any atom is 0.251 e. The SMILES string of the molecule is CC(C)[C@@H](NC(=O)c1cccc(Cn2ccnc2)c1)c1cccs1. The Morgan fingerprint density at radius 2 is 2.17 bits per heavy atom. The third-order valence-electron chi connectivity index (χ3n) is 3.92. The number of nitrogens with one attached hydrogen (secondary N) is 1. The summed E-state index contributed by atoms with van der Waals surface area (Å²) in [6.45, 7) is 4.96. The molecule has 1 aromatic carbocycles. The van der Waals surface area contributed by atoms with Gasteiger partial charge in [0, 0.05) is 29.4 Å². The minimum Gasteiger partial charge on any atom is -0.344 e. The van der Waals surface area contributed by atoms with Crippen LogP contribution >= 0.6 is 11.3 Å².